The number of hydrogen-bond acceptors (Lipinski definition) is 1. The van der Waals surface area contributed by atoms with Gasteiger partial charge >= 0.3 is 0 Å². The number of benzene rings is 4. The van der Waals surface area contributed by atoms with E-state index in [1.165, 1.54) is 43.8 Å². The lowest BCUT2D eigenvalue weighted by Crippen LogP contribution is -1.94. The van der Waals surface area contributed by atoms with Gasteiger partial charge in [0.25, 0.3) is 0 Å². The molecule has 0 N–H and O–H groups in total. The molecule has 5 rings (SSSR count). The largest absolute Gasteiger partial charge is 0.253 e. The minimum Gasteiger partial charge on any atom is -0.253 e. The number of nitrogens with zero attached hydrogens (tertiary/aromatic N) is 1. The highest BCUT2D eigenvalue weighted by Gasteiger charge is 2.17. The Kier molecular flexibility index (Phi) is 3.95. The molecule has 0 saturated carbocycles. The molecule has 0 aliphatic heterocycles. The maximum atomic E-state index is 4.85. The molecular weight excluding hydrogens is 338 g/mol. The second-order valence-corrected chi connectivity index (χ2v) is 7.35. The number of pyridine rings is 1. The maximum Gasteiger partial charge on any atom is 0.0711 e. The van der Waals surface area contributed by atoms with Crippen molar-refractivity contribution in [3.63, 3.8) is 0 Å². The Morgan fingerprint density at radius 1 is 0.536 bits per heavy atom. The predicted octanol–water partition coefficient (Wildman–Crippen LogP) is 7.34. The molecule has 28 heavy (non-hydrogen) atoms. The molecule has 0 amide bonds. The van der Waals surface area contributed by atoms with E-state index >= 15 is 0 Å². The van der Waals surface area contributed by atoms with Gasteiger partial charge in [-0.25, -0.2) is 0 Å². The molecule has 134 valence electrons. The van der Waals surface area contributed by atoms with Gasteiger partial charge < -0.3 is 0 Å². The molecule has 0 bridgehead atoms. The van der Waals surface area contributed by atoms with Crippen molar-refractivity contribution < 1.29 is 0 Å². The Balaban J connectivity index is 1.97. The highest BCUT2D eigenvalue weighted by Crippen LogP contribution is 2.42. The molecular formula is C27H21N. The summed E-state index contributed by atoms with van der Waals surface area (Å²) in [5.41, 5.74) is 7.09. The third-order valence-corrected chi connectivity index (χ3v) is 5.48. The topological polar surface area (TPSA) is 12.9 Å². The zero-order valence-corrected chi connectivity index (χ0v) is 16.1. The summed E-state index contributed by atoms with van der Waals surface area (Å²) in [4.78, 5) is 4.85. The van der Waals surface area contributed by atoms with E-state index < -0.39 is 0 Å². The van der Waals surface area contributed by atoms with Gasteiger partial charge in [-0.05, 0) is 64.2 Å². The van der Waals surface area contributed by atoms with Gasteiger partial charge in [0.15, 0.2) is 0 Å². The molecule has 1 nitrogen and oxygen atoms in total. The molecule has 5 aromatic rings. The van der Waals surface area contributed by atoms with E-state index in [1.807, 2.05) is 13.0 Å². The summed E-state index contributed by atoms with van der Waals surface area (Å²) in [6.45, 7) is 4.25. The van der Waals surface area contributed by atoms with E-state index in [4.69, 9.17) is 4.98 Å². The minimum atomic E-state index is 1.02. The monoisotopic (exact) mass is 359 g/mol. The molecule has 4 aromatic carbocycles. The summed E-state index contributed by atoms with van der Waals surface area (Å²) >= 11 is 0. The molecule has 1 aromatic heterocycles. The van der Waals surface area contributed by atoms with Crippen LogP contribution in [0.2, 0.25) is 0 Å². The zero-order chi connectivity index (χ0) is 19.1. The van der Waals surface area contributed by atoms with Crippen molar-refractivity contribution in [3.8, 4) is 22.4 Å². The van der Waals surface area contributed by atoms with E-state index in [1.54, 1.807) is 0 Å². The summed E-state index contributed by atoms with van der Waals surface area (Å²) in [6, 6.07) is 32.4. The normalized spacial score (nSPS) is 11.2. The second-order valence-electron chi connectivity index (χ2n) is 7.35. The standard InChI is InChI=1S/C27H21N/c1-18-14-15-20-9-3-5-11-22(20)26(18)27-23-12-6-4-10-21(23)16-17-24(27)25-13-7-8-19(2)28-25/h3-17H,1-2H3. The third kappa shape index (κ3) is 2.68. The van der Waals surface area contributed by atoms with Gasteiger partial charge in [0.05, 0.1) is 5.69 Å². The lowest BCUT2D eigenvalue weighted by Gasteiger charge is -2.18. The van der Waals surface area contributed by atoms with Crippen molar-refractivity contribution in [1.29, 1.82) is 0 Å². The number of hydrogen-bond donors (Lipinski definition) is 0. The van der Waals surface area contributed by atoms with Crippen LogP contribution in [0.3, 0.4) is 0 Å². The average Bonchev–Trinajstić information content (AvgIpc) is 2.73. The van der Waals surface area contributed by atoms with Gasteiger partial charge in [-0.2, -0.15) is 0 Å². The maximum absolute atomic E-state index is 4.85. The molecule has 0 unspecified atom stereocenters. The first-order valence-corrected chi connectivity index (χ1v) is 9.67. The van der Waals surface area contributed by atoms with Crippen LogP contribution in [0.4, 0.5) is 0 Å². The number of fused-ring (bicyclic) bond motifs is 2. The summed E-state index contributed by atoms with van der Waals surface area (Å²) < 4.78 is 0. The lowest BCUT2D eigenvalue weighted by molar-refractivity contribution is 1.21. The number of rotatable bonds is 2. The van der Waals surface area contributed by atoms with E-state index in [-0.39, 0.29) is 0 Å². The first kappa shape index (κ1) is 16.7. The fourth-order valence-electron chi connectivity index (χ4n) is 4.16. The summed E-state index contributed by atoms with van der Waals surface area (Å²) in [5.74, 6) is 0. The lowest BCUT2D eigenvalue weighted by atomic mass is 9.86. The second kappa shape index (κ2) is 6.61. The van der Waals surface area contributed by atoms with Gasteiger partial charge in [-0.1, -0.05) is 78.9 Å². The Hall–Kier alpha value is -3.45. The van der Waals surface area contributed by atoms with Crippen molar-refractivity contribution in [1.82, 2.24) is 4.98 Å². The molecule has 0 atom stereocenters. The molecule has 0 fully saturated rings. The minimum absolute atomic E-state index is 1.02. The van der Waals surface area contributed by atoms with Crippen LogP contribution in [0, 0.1) is 13.8 Å². The molecule has 0 saturated heterocycles. The third-order valence-electron chi connectivity index (χ3n) is 5.48. The van der Waals surface area contributed by atoms with Crippen LogP contribution < -0.4 is 0 Å². The molecule has 0 aliphatic rings. The van der Waals surface area contributed by atoms with Crippen molar-refractivity contribution in [3.05, 3.63) is 102 Å². The van der Waals surface area contributed by atoms with E-state index in [9.17, 15) is 0 Å². The van der Waals surface area contributed by atoms with Crippen molar-refractivity contribution in [2.45, 2.75) is 13.8 Å². The first-order chi connectivity index (χ1) is 13.7. The Labute approximate surface area is 165 Å². The number of aryl methyl sites for hydroxylation is 2. The van der Waals surface area contributed by atoms with Crippen LogP contribution in [0.25, 0.3) is 43.9 Å². The van der Waals surface area contributed by atoms with Crippen LogP contribution in [0.15, 0.2) is 91.0 Å². The van der Waals surface area contributed by atoms with Crippen molar-refractivity contribution in [2.75, 3.05) is 0 Å². The van der Waals surface area contributed by atoms with Crippen LogP contribution in [-0.4, -0.2) is 4.98 Å². The summed E-state index contributed by atoms with van der Waals surface area (Å²) in [7, 11) is 0. The van der Waals surface area contributed by atoms with E-state index in [0.29, 0.717) is 0 Å². The predicted molar refractivity (Wildman–Crippen MR) is 120 cm³/mol. The van der Waals surface area contributed by atoms with E-state index in [2.05, 4.69) is 91.9 Å². The summed E-state index contributed by atoms with van der Waals surface area (Å²) in [5, 5.41) is 5.07. The number of aromatic nitrogens is 1. The van der Waals surface area contributed by atoms with Crippen LogP contribution in [0.1, 0.15) is 11.3 Å². The van der Waals surface area contributed by atoms with Gasteiger partial charge in [0, 0.05) is 11.3 Å². The quantitative estimate of drug-likeness (QED) is 0.321. The Morgan fingerprint density at radius 2 is 1.18 bits per heavy atom. The summed E-state index contributed by atoms with van der Waals surface area (Å²) in [6.07, 6.45) is 0. The molecule has 0 spiro atoms. The van der Waals surface area contributed by atoms with Crippen LogP contribution in [0.5, 0.6) is 0 Å². The highest BCUT2D eigenvalue weighted by molar-refractivity contribution is 6.11. The SMILES string of the molecule is Cc1cccc(-c2ccc3ccccc3c2-c2c(C)ccc3ccccc23)n1. The molecule has 1 heterocycles. The van der Waals surface area contributed by atoms with E-state index in [0.717, 1.165) is 11.4 Å². The smallest absolute Gasteiger partial charge is 0.0711 e. The molecule has 0 radical (unpaired) electrons. The fraction of sp³-hybridized carbons (Fsp3) is 0.0741. The van der Waals surface area contributed by atoms with Crippen molar-refractivity contribution in [2.24, 2.45) is 0 Å². The van der Waals surface area contributed by atoms with Gasteiger partial charge in [0.2, 0.25) is 0 Å². The Bertz CT molecular complexity index is 1330. The Morgan fingerprint density at radius 3 is 1.89 bits per heavy atom. The molecule has 1 heteroatoms. The van der Waals surface area contributed by atoms with Gasteiger partial charge in [-0.3, -0.25) is 4.98 Å². The van der Waals surface area contributed by atoms with Crippen LogP contribution in [-0.2, 0) is 0 Å². The van der Waals surface area contributed by atoms with Crippen molar-refractivity contribution >= 4 is 21.5 Å². The van der Waals surface area contributed by atoms with Crippen LogP contribution >= 0.6 is 0 Å². The average molecular weight is 359 g/mol. The highest BCUT2D eigenvalue weighted by atomic mass is 14.7. The zero-order valence-electron chi connectivity index (χ0n) is 16.1. The van der Waals surface area contributed by atoms with Gasteiger partial charge in [0.1, 0.15) is 0 Å². The van der Waals surface area contributed by atoms with Gasteiger partial charge in [-0.15, -0.1) is 0 Å². The first-order valence-electron chi connectivity index (χ1n) is 9.67. The molecule has 0 aliphatic carbocycles. The fourth-order valence-corrected chi connectivity index (χ4v) is 4.16.